The molecule has 0 aliphatic heterocycles. The first-order valence-corrected chi connectivity index (χ1v) is 11.2. The summed E-state index contributed by atoms with van der Waals surface area (Å²) in [5.74, 6) is -0.431. The van der Waals surface area contributed by atoms with Gasteiger partial charge in [0.05, 0.1) is 7.11 Å². The van der Waals surface area contributed by atoms with E-state index in [2.05, 4.69) is 10.3 Å². The van der Waals surface area contributed by atoms with Crippen LogP contribution in [0.5, 0.6) is 0 Å². The van der Waals surface area contributed by atoms with Crippen LogP contribution in [0.3, 0.4) is 0 Å². The van der Waals surface area contributed by atoms with Crippen LogP contribution in [0.4, 0.5) is 4.79 Å². The van der Waals surface area contributed by atoms with Crippen molar-refractivity contribution >= 4 is 28.9 Å². The molecule has 2 amide bonds. The van der Waals surface area contributed by atoms with Gasteiger partial charge in [-0.25, -0.2) is 9.59 Å². The fourth-order valence-electron chi connectivity index (χ4n) is 3.00. The Bertz CT molecular complexity index is 833. The zero-order chi connectivity index (χ0) is 22.5. The van der Waals surface area contributed by atoms with E-state index in [-0.39, 0.29) is 16.9 Å². The molecule has 0 aliphatic rings. The van der Waals surface area contributed by atoms with Crippen LogP contribution < -0.4 is 5.32 Å². The molecule has 7 nitrogen and oxygen atoms in total. The van der Waals surface area contributed by atoms with Crippen LogP contribution in [0.15, 0.2) is 54.9 Å². The Morgan fingerprint density at radius 3 is 2.35 bits per heavy atom. The number of nitrogens with one attached hydrogen (secondary N) is 1. The van der Waals surface area contributed by atoms with Crippen molar-refractivity contribution in [2.75, 3.05) is 26.0 Å². The molecule has 2 aromatic rings. The molecule has 0 bridgehead atoms. The van der Waals surface area contributed by atoms with E-state index in [0.29, 0.717) is 19.5 Å². The maximum Gasteiger partial charge on any atom is 0.329 e. The highest BCUT2D eigenvalue weighted by molar-refractivity contribution is 8.13. The second kappa shape index (κ2) is 13.4. The molecule has 1 aromatic heterocycles. The van der Waals surface area contributed by atoms with E-state index in [9.17, 15) is 14.4 Å². The zero-order valence-corrected chi connectivity index (χ0v) is 18.8. The van der Waals surface area contributed by atoms with Crippen molar-refractivity contribution in [3.63, 3.8) is 0 Å². The standard InChI is InChI=1S/C23H29N3O4S/c1-18(27)31-17-21(22(28)30-2)25-23(29)26(16-12-19-7-4-3-5-8-19)15-6-9-20-10-13-24-14-11-20/h3-5,7-8,10-11,13-14,21H,6,9,12,15-17H2,1-2H3,(H,25,29)/t21-/m0/s1. The molecule has 31 heavy (non-hydrogen) atoms. The number of pyridine rings is 1. The van der Waals surface area contributed by atoms with E-state index in [1.54, 1.807) is 17.3 Å². The fraction of sp³-hybridized carbons (Fsp3) is 0.391. The predicted octanol–water partition coefficient (Wildman–Crippen LogP) is 3.09. The van der Waals surface area contributed by atoms with Crippen molar-refractivity contribution in [1.29, 1.82) is 0 Å². The minimum Gasteiger partial charge on any atom is -0.467 e. The first-order valence-electron chi connectivity index (χ1n) is 10.2. The Hall–Kier alpha value is -2.87. The van der Waals surface area contributed by atoms with Gasteiger partial charge in [-0.3, -0.25) is 9.78 Å². The highest BCUT2D eigenvalue weighted by Crippen LogP contribution is 2.09. The Morgan fingerprint density at radius 2 is 1.71 bits per heavy atom. The number of carbonyl (C=O) groups is 3. The number of ether oxygens (including phenoxy) is 1. The van der Waals surface area contributed by atoms with Crippen molar-refractivity contribution < 1.29 is 19.1 Å². The maximum absolute atomic E-state index is 13.0. The first-order chi connectivity index (χ1) is 15.0. The van der Waals surface area contributed by atoms with Gasteiger partial charge in [-0.15, -0.1) is 0 Å². The third-order valence-electron chi connectivity index (χ3n) is 4.68. The number of rotatable bonds is 11. The summed E-state index contributed by atoms with van der Waals surface area (Å²) in [6.45, 7) is 2.47. The van der Waals surface area contributed by atoms with Gasteiger partial charge in [0, 0.05) is 38.2 Å². The summed E-state index contributed by atoms with van der Waals surface area (Å²) in [5.41, 5.74) is 2.29. The van der Waals surface area contributed by atoms with Crippen LogP contribution >= 0.6 is 11.8 Å². The van der Waals surface area contributed by atoms with Gasteiger partial charge in [0.15, 0.2) is 5.12 Å². The highest BCUT2D eigenvalue weighted by atomic mass is 32.2. The summed E-state index contributed by atoms with van der Waals surface area (Å²) in [5, 5.41) is 2.61. The predicted molar refractivity (Wildman–Crippen MR) is 122 cm³/mol. The molecule has 1 N–H and O–H groups in total. The van der Waals surface area contributed by atoms with Gasteiger partial charge in [0.25, 0.3) is 0 Å². The fourth-order valence-corrected chi connectivity index (χ4v) is 3.62. The summed E-state index contributed by atoms with van der Waals surface area (Å²) >= 11 is 0.983. The summed E-state index contributed by atoms with van der Waals surface area (Å²) in [7, 11) is 1.27. The Labute approximate surface area is 187 Å². The second-order valence-corrected chi connectivity index (χ2v) is 8.21. The van der Waals surface area contributed by atoms with Gasteiger partial charge in [-0.2, -0.15) is 0 Å². The van der Waals surface area contributed by atoms with E-state index in [4.69, 9.17) is 4.74 Å². The molecule has 0 saturated heterocycles. The molecule has 0 saturated carbocycles. The number of benzene rings is 1. The summed E-state index contributed by atoms with van der Waals surface area (Å²) in [6.07, 6.45) is 5.80. The van der Waals surface area contributed by atoms with E-state index in [0.717, 1.165) is 35.7 Å². The third kappa shape index (κ3) is 9.21. The average Bonchev–Trinajstić information content (AvgIpc) is 2.79. The lowest BCUT2D eigenvalue weighted by atomic mass is 10.1. The maximum atomic E-state index is 13.0. The molecular formula is C23H29N3O4S. The lowest BCUT2D eigenvalue weighted by Crippen LogP contribution is -2.50. The van der Waals surface area contributed by atoms with Crippen LogP contribution in [0, 0.1) is 0 Å². The number of aromatic nitrogens is 1. The number of urea groups is 1. The molecular weight excluding hydrogens is 414 g/mol. The second-order valence-electron chi connectivity index (χ2n) is 7.01. The molecule has 8 heteroatoms. The topological polar surface area (TPSA) is 88.6 Å². The largest absolute Gasteiger partial charge is 0.467 e. The summed E-state index contributed by atoms with van der Waals surface area (Å²) in [4.78, 5) is 42.1. The molecule has 0 fully saturated rings. The van der Waals surface area contributed by atoms with Crippen LogP contribution in [-0.2, 0) is 27.2 Å². The summed E-state index contributed by atoms with van der Waals surface area (Å²) < 4.78 is 4.79. The first kappa shape index (κ1) is 24.4. The van der Waals surface area contributed by atoms with Crippen molar-refractivity contribution in [2.24, 2.45) is 0 Å². The molecule has 1 aromatic carbocycles. The Balaban J connectivity index is 2.01. The zero-order valence-electron chi connectivity index (χ0n) is 18.0. The van der Waals surface area contributed by atoms with E-state index in [1.807, 2.05) is 42.5 Å². The number of carbonyl (C=O) groups excluding carboxylic acids is 3. The van der Waals surface area contributed by atoms with Crippen LogP contribution in [0.1, 0.15) is 24.5 Å². The highest BCUT2D eigenvalue weighted by Gasteiger charge is 2.25. The third-order valence-corrected chi connectivity index (χ3v) is 5.59. The monoisotopic (exact) mass is 443 g/mol. The molecule has 0 spiro atoms. The molecule has 1 atom stereocenters. The van der Waals surface area contributed by atoms with Crippen molar-refractivity contribution in [3.05, 3.63) is 66.0 Å². The quantitative estimate of drug-likeness (QED) is 0.537. The van der Waals surface area contributed by atoms with Crippen LogP contribution in [0.2, 0.25) is 0 Å². The van der Waals surface area contributed by atoms with E-state index in [1.165, 1.54) is 14.0 Å². The SMILES string of the molecule is COC(=O)[C@H](CSC(C)=O)NC(=O)N(CCCc1ccncc1)CCc1ccccc1. The Morgan fingerprint density at radius 1 is 1.03 bits per heavy atom. The molecule has 0 unspecified atom stereocenters. The number of hydrogen-bond donors (Lipinski definition) is 1. The van der Waals surface area contributed by atoms with Crippen molar-refractivity contribution in [3.8, 4) is 0 Å². The lowest BCUT2D eigenvalue weighted by molar-refractivity contribution is -0.142. The summed E-state index contributed by atoms with van der Waals surface area (Å²) in [6, 6.07) is 12.6. The normalized spacial score (nSPS) is 11.4. The number of methoxy groups -OCH3 is 1. The van der Waals surface area contributed by atoms with Crippen LogP contribution in [-0.4, -0.2) is 59.0 Å². The van der Waals surface area contributed by atoms with Gasteiger partial charge in [-0.1, -0.05) is 42.1 Å². The van der Waals surface area contributed by atoms with Crippen molar-refractivity contribution in [1.82, 2.24) is 15.2 Å². The smallest absolute Gasteiger partial charge is 0.329 e. The van der Waals surface area contributed by atoms with Gasteiger partial charge >= 0.3 is 12.0 Å². The number of esters is 1. The Kier molecular flexibility index (Phi) is 10.6. The number of thioether (sulfide) groups is 1. The number of hydrogen-bond acceptors (Lipinski definition) is 6. The molecule has 2 rings (SSSR count). The van der Waals surface area contributed by atoms with Gasteiger partial charge < -0.3 is 15.0 Å². The minimum atomic E-state index is -0.883. The lowest BCUT2D eigenvalue weighted by Gasteiger charge is -2.26. The van der Waals surface area contributed by atoms with E-state index >= 15 is 0 Å². The van der Waals surface area contributed by atoms with E-state index < -0.39 is 12.0 Å². The van der Waals surface area contributed by atoms with Crippen LogP contribution in [0.25, 0.3) is 0 Å². The molecule has 0 aliphatic carbocycles. The number of nitrogens with zero attached hydrogens (tertiary/aromatic N) is 2. The minimum absolute atomic E-state index is 0.124. The molecule has 1 heterocycles. The van der Waals surface area contributed by atoms with Gasteiger partial charge in [0.2, 0.25) is 0 Å². The number of aryl methyl sites for hydroxylation is 1. The molecule has 0 radical (unpaired) electrons. The average molecular weight is 444 g/mol. The van der Waals surface area contributed by atoms with Gasteiger partial charge in [-0.05, 0) is 42.5 Å². The van der Waals surface area contributed by atoms with Gasteiger partial charge in [0.1, 0.15) is 6.04 Å². The molecule has 166 valence electrons. The van der Waals surface area contributed by atoms with Crippen molar-refractivity contribution in [2.45, 2.75) is 32.2 Å². The number of amides is 2.